The van der Waals surface area contributed by atoms with E-state index in [1.165, 1.54) is 0 Å². The van der Waals surface area contributed by atoms with Gasteiger partial charge in [-0.1, -0.05) is 11.6 Å². The molecule has 0 spiro atoms. The number of fused-ring (bicyclic) bond motifs is 1. The molecule has 1 aliphatic rings. The molecular weight excluding hydrogens is 276 g/mol. The van der Waals surface area contributed by atoms with E-state index in [1.807, 2.05) is 32.2 Å². The van der Waals surface area contributed by atoms with Gasteiger partial charge in [-0.2, -0.15) is 5.10 Å². The van der Waals surface area contributed by atoms with Crippen LogP contribution in [0.3, 0.4) is 0 Å². The van der Waals surface area contributed by atoms with E-state index in [1.54, 1.807) is 4.68 Å². The summed E-state index contributed by atoms with van der Waals surface area (Å²) in [6.07, 6.45) is 1.41. The summed E-state index contributed by atoms with van der Waals surface area (Å²) >= 11 is 6.19. The van der Waals surface area contributed by atoms with Crippen LogP contribution in [-0.2, 0) is 20.1 Å². The fourth-order valence-electron chi connectivity index (χ4n) is 2.51. The molecule has 104 valence electrons. The van der Waals surface area contributed by atoms with Crippen molar-refractivity contribution in [2.45, 2.75) is 26.4 Å². The van der Waals surface area contributed by atoms with Crippen molar-refractivity contribution >= 4 is 17.4 Å². The van der Waals surface area contributed by atoms with E-state index < -0.39 is 0 Å². The molecule has 0 atom stereocenters. The van der Waals surface area contributed by atoms with Gasteiger partial charge < -0.3 is 4.74 Å². The van der Waals surface area contributed by atoms with Crippen molar-refractivity contribution in [1.29, 1.82) is 0 Å². The molecule has 0 fully saturated rings. The van der Waals surface area contributed by atoms with E-state index in [9.17, 15) is 4.79 Å². The molecule has 0 bridgehead atoms. The average molecular weight is 291 g/mol. The highest BCUT2D eigenvalue weighted by atomic mass is 35.5. The van der Waals surface area contributed by atoms with Crippen LogP contribution in [0.25, 0.3) is 0 Å². The van der Waals surface area contributed by atoms with Gasteiger partial charge in [0.05, 0.1) is 16.4 Å². The number of benzene rings is 1. The summed E-state index contributed by atoms with van der Waals surface area (Å²) in [6.45, 7) is 2.23. The van der Waals surface area contributed by atoms with E-state index in [4.69, 9.17) is 16.3 Å². The number of nitrogens with zero attached hydrogens (tertiary/aromatic N) is 2. The zero-order valence-corrected chi connectivity index (χ0v) is 12.2. The van der Waals surface area contributed by atoms with Crippen LogP contribution in [0, 0.1) is 6.92 Å². The first kappa shape index (κ1) is 13.2. The number of hydrogen-bond donors (Lipinski definition) is 0. The van der Waals surface area contributed by atoms with Crippen LogP contribution in [-0.4, -0.2) is 15.6 Å². The second kappa shape index (κ2) is 4.94. The zero-order chi connectivity index (χ0) is 14.3. The Kier molecular flexibility index (Phi) is 3.26. The molecule has 0 unspecified atom stereocenters. The third kappa shape index (κ3) is 2.20. The van der Waals surface area contributed by atoms with Gasteiger partial charge in [-0.15, -0.1) is 0 Å². The molecule has 0 saturated heterocycles. The van der Waals surface area contributed by atoms with Gasteiger partial charge >= 0.3 is 0 Å². The van der Waals surface area contributed by atoms with Crippen molar-refractivity contribution in [3.05, 3.63) is 45.7 Å². The van der Waals surface area contributed by atoms with Gasteiger partial charge in [0.1, 0.15) is 12.4 Å². The largest absolute Gasteiger partial charge is 0.487 e. The SMILES string of the molecule is Cc1nn(C)c(COc2ccc3c(c2)CCC3=O)c1Cl. The highest BCUT2D eigenvalue weighted by Gasteiger charge is 2.19. The summed E-state index contributed by atoms with van der Waals surface area (Å²) in [6, 6.07) is 5.62. The molecule has 1 heterocycles. The number of carbonyl (C=O) groups is 1. The van der Waals surface area contributed by atoms with E-state index in [2.05, 4.69) is 5.10 Å². The molecule has 1 aromatic heterocycles. The molecule has 0 amide bonds. The minimum Gasteiger partial charge on any atom is -0.487 e. The number of halogens is 1. The molecule has 2 aromatic rings. The van der Waals surface area contributed by atoms with Crippen LogP contribution in [0.2, 0.25) is 5.02 Å². The average Bonchev–Trinajstić information content (AvgIpc) is 2.90. The maximum absolute atomic E-state index is 11.6. The first-order valence-corrected chi connectivity index (χ1v) is 6.91. The Morgan fingerprint density at radius 1 is 1.40 bits per heavy atom. The number of aryl methyl sites for hydroxylation is 3. The first-order chi connectivity index (χ1) is 9.56. The monoisotopic (exact) mass is 290 g/mol. The Morgan fingerprint density at radius 2 is 2.20 bits per heavy atom. The molecule has 1 aliphatic carbocycles. The van der Waals surface area contributed by atoms with Gasteiger partial charge in [-0.05, 0) is 37.1 Å². The lowest BCUT2D eigenvalue weighted by Gasteiger charge is -2.08. The normalized spacial score (nSPS) is 13.7. The second-order valence-corrected chi connectivity index (χ2v) is 5.38. The minimum absolute atomic E-state index is 0.219. The van der Waals surface area contributed by atoms with Crippen molar-refractivity contribution in [3.63, 3.8) is 0 Å². The van der Waals surface area contributed by atoms with Gasteiger partial charge in [-0.25, -0.2) is 0 Å². The summed E-state index contributed by atoms with van der Waals surface area (Å²) in [5.74, 6) is 0.977. The third-order valence-electron chi connectivity index (χ3n) is 3.64. The molecule has 0 N–H and O–H groups in total. The topological polar surface area (TPSA) is 44.1 Å². The van der Waals surface area contributed by atoms with Crippen molar-refractivity contribution in [2.75, 3.05) is 0 Å². The quantitative estimate of drug-likeness (QED) is 0.872. The maximum atomic E-state index is 11.6. The summed E-state index contributed by atoms with van der Waals surface area (Å²) in [7, 11) is 1.85. The van der Waals surface area contributed by atoms with Crippen molar-refractivity contribution in [1.82, 2.24) is 9.78 Å². The molecule has 4 nitrogen and oxygen atoms in total. The third-order valence-corrected chi connectivity index (χ3v) is 4.13. The lowest BCUT2D eigenvalue weighted by Crippen LogP contribution is -2.04. The van der Waals surface area contributed by atoms with Crippen molar-refractivity contribution < 1.29 is 9.53 Å². The van der Waals surface area contributed by atoms with Gasteiger partial charge in [0, 0.05) is 19.0 Å². The summed E-state index contributed by atoms with van der Waals surface area (Å²) in [4.78, 5) is 11.6. The highest BCUT2D eigenvalue weighted by molar-refractivity contribution is 6.31. The van der Waals surface area contributed by atoms with Gasteiger partial charge in [0.15, 0.2) is 5.78 Å². The Hall–Kier alpha value is -1.81. The van der Waals surface area contributed by atoms with Crippen LogP contribution in [0.4, 0.5) is 0 Å². The number of ketones is 1. The summed E-state index contributed by atoms with van der Waals surface area (Å²) in [5.41, 5.74) is 3.54. The number of ether oxygens (including phenoxy) is 1. The second-order valence-electron chi connectivity index (χ2n) is 5.00. The van der Waals surface area contributed by atoms with Crippen molar-refractivity contribution in [2.24, 2.45) is 7.05 Å². The fourth-order valence-corrected chi connectivity index (χ4v) is 2.72. The molecule has 0 aliphatic heterocycles. The lowest BCUT2D eigenvalue weighted by molar-refractivity contribution is 0.0994. The summed E-state index contributed by atoms with van der Waals surface area (Å²) < 4.78 is 7.50. The lowest BCUT2D eigenvalue weighted by atomic mass is 10.1. The predicted molar refractivity (Wildman–Crippen MR) is 76.4 cm³/mol. The molecule has 20 heavy (non-hydrogen) atoms. The first-order valence-electron chi connectivity index (χ1n) is 6.53. The van der Waals surface area contributed by atoms with Crippen LogP contribution >= 0.6 is 11.6 Å². The van der Waals surface area contributed by atoms with E-state index in [-0.39, 0.29) is 5.78 Å². The molecule has 0 saturated carbocycles. The molecule has 1 aromatic carbocycles. The number of carbonyl (C=O) groups excluding carboxylic acids is 1. The minimum atomic E-state index is 0.219. The highest BCUT2D eigenvalue weighted by Crippen LogP contribution is 2.27. The molecule has 3 rings (SSSR count). The number of rotatable bonds is 3. The fraction of sp³-hybridized carbons (Fsp3) is 0.333. The van der Waals surface area contributed by atoms with Gasteiger partial charge in [0.2, 0.25) is 0 Å². The summed E-state index contributed by atoms with van der Waals surface area (Å²) in [5, 5.41) is 4.89. The number of hydrogen-bond acceptors (Lipinski definition) is 3. The van der Waals surface area contributed by atoms with Gasteiger partial charge in [-0.3, -0.25) is 9.48 Å². The van der Waals surface area contributed by atoms with E-state index >= 15 is 0 Å². The van der Waals surface area contributed by atoms with Crippen LogP contribution in [0.15, 0.2) is 18.2 Å². The number of aromatic nitrogens is 2. The Bertz CT molecular complexity index is 691. The van der Waals surface area contributed by atoms with Crippen LogP contribution < -0.4 is 4.74 Å². The van der Waals surface area contributed by atoms with E-state index in [0.717, 1.165) is 34.7 Å². The van der Waals surface area contributed by atoms with Crippen LogP contribution in [0.5, 0.6) is 5.75 Å². The Labute approximate surface area is 122 Å². The Balaban J connectivity index is 1.78. The van der Waals surface area contributed by atoms with E-state index in [0.29, 0.717) is 18.1 Å². The Morgan fingerprint density at radius 3 is 2.90 bits per heavy atom. The molecule has 5 heteroatoms. The number of Topliss-reactive ketones (excluding diaryl/α,β-unsaturated/α-hetero) is 1. The predicted octanol–water partition coefficient (Wildman–Crippen LogP) is 3.09. The smallest absolute Gasteiger partial charge is 0.163 e. The van der Waals surface area contributed by atoms with Crippen LogP contribution in [0.1, 0.15) is 33.7 Å². The molecule has 0 radical (unpaired) electrons. The standard InChI is InChI=1S/C15H15ClN2O2/c1-9-15(16)13(18(2)17-9)8-20-11-4-5-12-10(7-11)3-6-14(12)19/h4-5,7H,3,6,8H2,1-2H3. The van der Waals surface area contributed by atoms with Gasteiger partial charge in [0.25, 0.3) is 0 Å². The zero-order valence-electron chi connectivity index (χ0n) is 11.4. The maximum Gasteiger partial charge on any atom is 0.163 e. The molecular formula is C15H15ClN2O2. The van der Waals surface area contributed by atoms with Crippen molar-refractivity contribution in [3.8, 4) is 5.75 Å².